The number of nitrogen functional groups attached to an aromatic ring is 1. The van der Waals surface area contributed by atoms with Gasteiger partial charge in [0.1, 0.15) is 17.1 Å². The molecule has 0 aliphatic rings. The van der Waals surface area contributed by atoms with E-state index < -0.39 is 5.91 Å². The van der Waals surface area contributed by atoms with Crippen LogP contribution in [0.15, 0.2) is 36.4 Å². The summed E-state index contributed by atoms with van der Waals surface area (Å²) in [5, 5.41) is 2.68. The normalized spacial score (nSPS) is 10.2. The lowest BCUT2D eigenvalue weighted by Crippen LogP contribution is -2.15. The van der Waals surface area contributed by atoms with Gasteiger partial charge in [0.15, 0.2) is 0 Å². The van der Waals surface area contributed by atoms with Gasteiger partial charge in [-0.05, 0) is 42.8 Å². The predicted molar refractivity (Wildman–Crippen MR) is 76.5 cm³/mol. The summed E-state index contributed by atoms with van der Waals surface area (Å²) in [6.45, 7) is 1.63. The summed E-state index contributed by atoms with van der Waals surface area (Å²) in [6.07, 6.45) is 0. The molecular formula is C15H15FN2O2. The van der Waals surface area contributed by atoms with E-state index in [1.54, 1.807) is 31.2 Å². The quantitative estimate of drug-likeness (QED) is 0.846. The fourth-order valence-electron chi connectivity index (χ4n) is 1.88. The number of amides is 1. The van der Waals surface area contributed by atoms with Crippen molar-refractivity contribution in [1.82, 2.24) is 0 Å². The van der Waals surface area contributed by atoms with Crippen LogP contribution in [0.5, 0.6) is 5.75 Å². The lowest BCUT2D eigenvalue weighted by molar-refractivity contribution is 0.102. The van der Waals surface area contributed by atoms with E-state index in [2.05, 4.69) is 5.32 Å². The topological polar surface area (TPSA) is 64.3 Å². The van der Waals surface area contributed by atoms with Gasteiger partial charge in [0.05, 0.1) is 7.11 Å². The molecule has 0 spiro atoms. The maximum Gasteiger partial charge on any atom is 0.261 e. The Bertz CT molecular complexity index is 656. The number of carbonyl (C=O) groups is 1. The third-order valence-corrected chi connectivity index (χ3v) is 2.92. The minimum atomic E-state index is -0.397. The van der Waals surface area contributed by atoms with E-state index in [9.17, 15) is 9.18 Å². The SMILES string of the molecule is COc1cccc(N)c1C(=O)Nc1ccc(F)c(C)c1. The van der Waals surface area contributed by atoms with E-state index >= 15 is 0 Å². The van der Waals surface area contributed by atoms with Gasteiger partial charge in [0.2, 0.25) is 0 Å². The van der Waals surface area contributed by atoms with Crippen LogP contribution in [0.25, 0.3) is 0 Å². The van der Waals surface area contributed by atoms with E-state index in [1.165, 1.54) is 19.2 Å². The molecule has 0 bridgehead atoms. The Morgan fingerprint density at radius 2 is 2.05 bits per heavy atom. The Morgan fingerprint density at radius 1 is 1.30 bits per heavy atom. The van der Waals surface area contributed by atoms with Gasteiger partial charge in [-0.2, -0.15) is 0 Å². The van der Waals surface area contributed by atoms with Gasteiger partial charge in [-0.1, -0.05) is 6.07 Å². The van der Waals surface area contributed by atoms with Gasteiger partial charge < -0.3 is 15.8 Å². The van der Waals surface area contributed by atoms with Crippen molar-refractivity contribution in [3.05, 3.63) is 53.3 Å². The average Bonchev–Trinajstić information content (AvgIpc) is 2.42. The van der Waals surface area contributed by atoms with Crippen molar-refractivity contribution in [2.45, 2.75) is 6.92 Å². The maximum atomic E-state index is 13.2. The number of methoxy groups -OCH3 is 1. The molecule has 2 rings (SSSR count). The molecule has 3 N–H and O–H groups in total. The molecule has 0 saturated heterocycles. The molecule has 5 heteroatoms. The van der Waals surface area contributed by atoms with Crippen molar-refractivity contribution in [2.24, 2.45) is 0 Å². The maximum absolute atomic E-state index is 13.2. The second kappa shape index (κ2) is 5.61. The van der Waals surface area contributed by atoms with Gasteiger partial charge in [-0.25, -0.2) is 4.39 Å². The number of benzene rings is 2. The minimum Gasteiger partial charge on any atom is -0.496 e. The van der Waals surface area contributed by atoms with E-state index in [1.807, 2.05) is 0 Å². The van der Waals surface area contributed by atoms with Crippen LogP contribution in [0, 0.1) is 12.7 Å². The summed E-state index contributed by atoms with van der Waals surface area (Å²) in [5.74, 6) is -0.327. The number of hydrogen-bond acceptors (Lipinski definition) is 3. The van der Waals surface area contributed by atoms with Crippen LogP contribution in [-0.2, 0) is 0 Å². The highest BCUT2D eigenvalue weighted by atomic mass is 19.1. The standard InChI is InChI=1S/C15H15FN2O2/c1-9-8-10(6-7-11(9)16)18-15(19)14-12(17)4-3-5-13(14)20-2/h3-8H,17H2,1-2H3,(H,18,19). The van der Waals surface area contributed by atoms with Crippen LogP contribution < -0.4 is 15.8 Å². The molecule has 2 aromatic rings. The molecule has 0 aromatic heterocycles. The second-order valence-corrected chi connectivity index (χ2v) is 4.34. The van der Waals surface area contributed by atoms with Crippen LogP contribution in [0.1, 0.15) is 15.9 Å². The third-order valence-electron chi connectivity index (χ3n) is 2.92. The number of halogens is 1. The third kappa shape index (κ3) is 2.71. The van der Waals surface area contributed by atoms with Crippen LogP contribution in [0.4, 0.5) is 15.8 Å². The molecule has 0 aliphatic heterocycles. The zero-order chi connectivity index (χ0) is 14.7. The molecule has 0 atom stereocenters. The summed E-state index contributed by atoms with van der Waals surface area (Å²) in [4.78, 5) is 12.2. The van der Waals surface area contributed by atoms with Gasteiger partial charge >= 0.3 is 0 Å². The number of aryl methyl sites for hydroxylation is 1. The first kappa shape index (κ1) is 13.9. The Hall–Kier alpha value is -2.56. The first-order valence-electron chi connectivity index (χ1n) is 6.03. The van der Waals surface area contributed by atoms with E-state index in [0.29, 0.717) is 22.7 Å². The van der Waals surface area contributed by atoms with Crippen molar-refractivity contribution >= 4 is 17.3 Å². The fourth-order valence-corrected chi connectivity index (χ4v) is 1.88. The van der Waals surface area contributed by atoms with Crippen molar-refractivity contribution in [1.29, 1.82) is 0 Å². The monoisotopic (exact) mass is 274 g/mol. The van der Waals surface area contributed by atoms with Gasteiger partial charge in [-0.3, -0.25) is 4.79 Å². The Kier molecular flexibility index (Phi) is 3.89. The molecule has 0 saturated carbocycles. The number of rotatable bonds is 3. The molecule has 0 radical (unpaired) electrons. The van der Waals surface area contributed by atoms with Crippen molar-refractivity contribution in [3.8, 4) is 5.75 Å². The summed E-state index contributed by atoms with van der Waals surface area (Å²) < 4.78 is 18.3. The first-order valence-corrected chi connectivity index (χ1v) is 6.03. The van der Waals surface area contributed by atoms with Crippen LogP contribution >= 0.6 is 0 Å². The Labute approximate surface area is 116 Å². The van der Waals surface area contributed by atoms with Gasteiger partial charge in [-0.15, -0.1) is 0 Å². The molecule has 0 fully saturated rings. The number of hydrogen-bond donors (Lipinski definition) is 2. The highest BCUT2D eigenvalue weighted by Crippen LogP contribution is 2.25. The highest BCUT2D eigenvalue weighted by Gasteiger charge is 2.16. The fraction of sp³-hybridized carbons (Fsp3) is 0.133. The van der Waals surface area contributed by atoms with E-state index in [-0.39, 0.29) is 11.4 Å². The Balaban J connectivity index is 2.30. The molecular weight excluding hydrogens is 259 g/mol. The van der Waals surface area contributed by atoms with Crippen LogP contribution in [0.3, 0.4) is 0 Å². The largest absolute Gasteiger partial charge is 0.496 e. The van der Waals surface area contributed by atoms with Crippen molar-refractivity contribution in [2.75, 3.05) is 18.2 Å². The molecule has 20 heavy (non-hydrogen) atoms. The molecule has 1 amide bonds. The van der Waals surface area contributed by atoms with Crippen LogP contribution in [0.2, 0.25) is 0 Å². The Morgan fingerprint density at radius 3 is 2.70 bits per heavy atom. The van der Waals surface area contributed by atoms with Crippen molar-refractivity contribution < 1.29 is 13.9 Å². The van der Waals surface area contributed by atoms with E-state index in [0.717, 1.165) is 0 Å². The molecule has 0 aliphatic carbocycles. The zero-order valence-electron chi connectivity index (χ0n) is 11.2. The summed E-state index contributed by atoms with van der Waals surface area (Å²) in [6, 6.07) is 9.32. The zero-order valence-corrected chi connectivity index (χ0v) is 11.2. The molecule has 0 heterocycles. The molecule has 104 valence electrons. The summed E-state index contributed by atoms with van der Waals surface area (Å²) >= 11 is 0. The van der Waals surface area contributed by atoms with Crippen LogP contribution in [-0.4, -0.2) is 13.0 Å². The first-order chi connectivity index (χ1) is 9.52. The number of anilines is 2. The van der Waals surface area contributed by atoms with Crippen molar-refractivity contribution in [3.63, 3.8) is 0 Å². The minimum absolute atomic E-state index is 0.261. The number of nitrogens with two attached hydrogens (primary N) is 1. The highest BCUT2D eigenvalue weighted by molar-refractivity contribution is 6.09. The smallest absolute Gasteiger partial charge is 0.261 e. The average molecular weight is 274 g/mol. The number of carbonyl (C=O) groups excluding carboxylic acids is 1. The van der Waals surface area contributed by atoms with Gasteiger partial charge in [0, 0.05) is 11.4 Å². The molecule has 0 unspecified atom stereocenters. The van der Waals surface area contributed by atoms with Gasteiger partial charge in [0.25, 0.3) is 5.91 Å². The second-order valence-electron chi connectivity index (χ2n) is 4.34. The van der Waals surface area contributed by atoms with E-state index in [4.69, 9.17) is 10.5 Å². The lowest BCUT2D eigenvalue weighted by Gasteiger charge is -2.12. The summed E-state index contributed by atoms with van der Waals surface area (Å²) in [7, 11) is 1.47. The lowest BCUT2D eigenvalue weighted by atomic mass is 10.1. The number of nitrogens with one attached hydrogen (secondary N) is 1. The number of ether oxygens (including phenoxy) is 1. The summed E-state index contributed by atoms with van der Waals surface area (Å²) in [5.41, 5.74) is 7.34. The molecule has 2 aromatic carbocycles. The molecule has 4 nitrogen and oxygen atoms in total. The predicted octanol–water partition coefficient (Wildman–Crippen LogP) is 2.98.